The molecule has 0 aromatic rings. The fourth-order valence-corrected chi connectivity index (χ4v) is 2.67. The summed E-state index contributed by atoms with van der Waals surface area (Å²) in [5, 5.41) is 0. The van der Waals surface area contributed by atoms with Crippen LogP contribution >= 0.6 is 25.3 Å². The summed E-state index contributed by atoms with van der Waals surface area (Å²) in [5.74, 6) is -0.772. The van der Waals surface area contributed by atoms with Gasteiger partial charge in [-0.3, -0.25) is 4.79 Å². The molecule has 0 heterocycles. The van der Waals surface area contributed by atoms with Crippen LogP contribution < -0.4 is 0 Å². The Balaban J connectivity index is 3.35. The molecule has 0 rings (SSSR count). The van der Waals surface area contributed by atoms with Crippen LogP contribution in [-0.2, 0) is 19.1 Å². The van der Waals surface area contributed by atoms with Gasteiger partial charge in [-0.25, -0.2) is 4.79 Å². The van der Waals surface area contributed by atoms with E-state index in [-0.39, 0.29) is 19.2 Å². The number of hydrogen-bond acceptors (Lipinski definition) is 6. The van der Waals surface area contributed by atoms with Crippen LogP contribution in [0.15, 0.2) is 24.3 Å². The van der Waals surface area contributed by atoms with Gasteiger partial charge in [0.15, 0.2) is 0 Å². The van der Waals surface area contributed by atoms with Crippen LogP contribution in [0.2, 0.25) is 0 Å². The molecule has 0 saturated carbocycles. The molecule has 0 spiro atoms. The first kappa shape index (κ1) is 27.1. The smallest absolute Gasteiger partial charge is 0.328 e. The van der Waals surface area contributed by atoms with Gasteiger partial charge in [0, 0.05) is 6.42 Å². The van der Waals surface area contributed by atoms with E-state index in [1.807, 2.05) is 0 Å². The number of carbonyl (C=O) groups excluding carboxylic acids is 2. The number of unbranched alkanes of at least 4 members (excludes halogenated alkanes) is 8. The van der Waals surface area contributed by atoms with Crippen molar-refractivity contribution in [3.63, 3.8) is 0 Å². The lowest BCUT2D eigenvalue weighted by Gasteiger charge is -2.07. The summed E-state index contributed by atoms with van der Waals surface area (Å²) in [7, 11) is 0. The molecule has 0 fully saturated rings. The summed E-state index contributed by atoms with van der Waals surface area (Å²) in [5.41, 5.74) is 0. The lowest BCUT2D eigenvalue weighted by Crippen LogP contribution is -2.17. The average molecular weight is 431 g/mol. The Morgan fingerprint density at radius 2 is 1.36 bits per heavy atom. The summed E-state index contributed by atoms with van der Waals surface area (Å²) < 4.78 is 9.06. The van der Waals surface area contributed by atoms with Crippen molar-refractivity contribution in [2.45, 2.75) is 88.6 Å². The van der Waals surface area contributed by atoms with E-state index in [1.54, 1.807) is 0 Å². The predicted octanol–water partition coefficient (Wildman–Crippen LogP) is 6.07. The molecule has 0 amide bonds. The maximum atomic E-state index is 11.5. The van der Waals surface area contributed by atoms with Gasteiger partial charge in [-0.2, -0.15) is 25.3 Å². The SMILES string of the molecule is CCCCC/C=C\C/C=C\CCCCCCCC(=O)OCCOC(=O)C(S)S. The molecule has 4 nitrogen and oxygen atoms in total. The van der Waals surface area contributed by atoms with Gasteiger partial charge in [0.1, 0.15) is 17.8 Å². The van der Waals surface area contributed by atoms with Gasteiger partial charge < -0.3 is 9.47 Å². The molecule has 0 radical (unpaired) electrons. The second-order valence-electron chi connectivity index (χ2n) is 6.74. The highest BCUT2D eigenvalue weighted by atomic mass is 32.2. The maximum Gasteiger partial charge on any atom is 0.328 e. The van der Waals surface area contributed by atoms with Gasteiger partial charge in [-0.1, -0.05) is 63.3 Å². The van der Waals surface area contributed by atoms with Crippen molar-refractivity contribution in [2.75, 3.05) is 13.2 Å². The van der Waals surface area contributed by atoms with Crippen molar-refractivity contribution in [3.8, 4) is 0 Å². The van der Waals surface area contributed by atoms with E-state index in [4.69, 9.17) is 9.47 Å². The first-order chi connectivity index (χ1) is 13.6. The number of rotatable bonds is 18. The monoisotopic (exact) mass is 430 g/mol. The second kappa shape index (κ2) is 20.8. The third-order valence-electron chi connectivity index (χ3n) is 4.13. The number of esters is 2. The molecule has 0 unspecified atom stereocenters. The van der Waals surface area contributed by atoms with Crippen LogP contribution in [0.4, 0.5) is 0 Å². The number of hydrogen-bond donors (Lipinski definition) is 2. The quantitative estimate of drug-likeness (QED) is 0.0910. The second-order valence-corrected chi connectivity index (χ2v) is 8.18. The molecule has 0 aliphatic carbocycles. The highest BCUT2D eigenvalue weighted by Crippen LogP contribution is 2.09. The molecule has 0 atom stereocenters. The summed E-state index contributed by atoms with van der Waals surface area (Å²) >= 11 is 7.66. The van der Waals surface area contributed by atoms with Crippen molar-refractivity contribution in [1.29, 1.82) is 0 Å². The molecular formula is C22H38O4S2. The lowest BCUT2D eigenvalue weighted by atomic mass is 10.1. The van der Waals surface area contributed by atoms with Crippen LogP contribution in [0.5, 0.6) is 0 Å². The van der Waals surface area contributed by atoms with E-state index >= 15 is 0 Å². The topological polar surface area (TPSA) is 52.6 Å². The number of ether oxygens (including phenoxy) is 2. The zero-order chi connectivity index (χ0) is 20.9. The molecule has 162 valence electrons. The maximum absolute atomic E-state index is 11.5. The zero-order valence-electron chi connectivity index (χ0n) is 17.3. The van der Waals surface area contributed by atoms with Crippen molar-refractivity contribution in [3.05, 3.63) is 24.3 Å². The van der Waals surface area contributed by atoms with E-state index in [1.165, 1.54) is 38.5 Å². The molecule has 0 aromatic heterocycles. The largest absolute Gasteiger partial charge is 0.462 e. The molecule has 0 aliphatic rings. The molecular weight excluding hydrogens is 392 g/mol. The summed E-state index contributed by atoms with van der Waals surface area (Å²) in [6.45, 7) is 2.36. The molecule has 0 aromatic carbocycles. The molecule has 0 saturated heterocycles. The number of allylic oxidation sites excluding steroid dienone is 4. The Labute approximate surface area is 182 Å². The summed E-state index contributed by atoms with van der Waals surface area (Å²) in [4.78, 5) is 22.6. The van der Waals surface area contributed by atoms with Gasteiger partial charge in [0.05, 0.1) is 0 Å². The Kier molecular flexibility index (Phi) is 20.2. The van der Waals surface area contributed by atoms with Crippen molar-refractivity contribution in [2.24, 2.45) is 0 Å². The minimum absolute atomic E-state index is 0.0460. The van der Waals surface area contributed by atoms with Gasteiger partial charge >= 0.3 is 11.9 Å². The normalized spacial score (nSPS) is 11.6. The Bertz CT molecular complexity index is 448. The Hall–Kier alpha value is -0.880. The standard InChI is InChI=1S/C22H38O4S2/c1-2-3-4-5-6-7-8-9-10-11-12-13-14-15-16-17-20(23)25-18-19-26-21(24)22(27)28/h6-7,9-10,22,27-28H,2-5,8,11-19H2,1H3/b7-6-,10-9-. The minimum Gasteiger partial charge on any atom is -0.462 e. The van der Waals surface area contributed by atoms with Gasteiger partial charge in [0.2, 0.25) is 0 Å². The van der Waals surface area contributed by atoms with Gasteiger partial charge in [-0.15, -0.1) is 0 Å². The molecule has 0 bridgehead atoms. The van der Waals surface area contributed by atoms with Crippen molar-refractivity contribution in [1.82, 2.24) is 0 Å². The van der Waals surface area contributed by atoms with Crippen LogP contribution in [0.25, 0.3) is 0 Å². The first-order valence-corrected chi connectivity index (χ1v) is 11.6. The Morgan fingerprint density at radius 3 is 2.00 bits per heavy atom. The molecule has 0 aliphatic heterocycles. The molecule has 6 heteroatoms. The van der Waals surface area contributed by atoms with Crippen molar-refractivity contribution >= 4 is 37.2 Å². The third-order valence-corrected chi connectivity index (χ3v) is 4.55. The minimum atomic E-state index is -0.761. The number of thiol groups is 2. The van der Waals surface area contributed by atoms with Crippen molar-refractivity contribution < 1.29 is 19.1 Å². The Morgan fingerprint density at radius 1 is 0.786 bits per heavy atom. The third kappa shape index (κ3) is 19.9. The highest BCUT2D eigenvalue weighted by molar-refractivity contribution is 8.00. The van der Waals surface area contributed by atoms with Crippen LogP contribution in [0.1, 0.15) is 84.0 Å². The van der Waals surface area contributed by atoms with E-state index in [0.717, 1.165) is 32.1 Å². The summed E-state index contributed by atoms with van der Waals surface area (Å²) in [6, 6.07) is 0. The molecule has 28 heavy (non-hydrogen) atoms. The fourth-order valence-electron chi connectivity index (χ4n) is 2.53. The van der Waals surface area contributed by atoms with Gasteiger partial charge in [0.25, 0.3) is 0 Å². The van der Waals surface area contributed by atoms with Gasteiger partial charge in [-0.05, 0) is 38.5 Å². The lowest BCUT2D eigenvalue weighted by molar-refractivity contribution is -0.151. The number of carbonyl (C=O) groups is 2. The zero-order valence-corrected chi connectivity index (χ0v) is 19.1. The fraction of sp³-hybridized carbons (Fsp3) is 0.727. The van der Waals surface area contributed by atoms with Crippen LogP contribution in [-0.4, -0.2) is 29.7 Å². The van der Waals surface area contributed by atoms with E-state index in [2.05, 4.69) is 56.5 Å². The summed E-state index contributed by atoms with van der Waals surface area (Å²) in [6.07, 6.45) is 22.2. The van der Waals surface area contributed by atoms with Crippen LogP contribution in [0, 0.1) is 0 Å². The predicted molar refractivity (Wildman–Crippen MR) is 123 cm³/mol. The average Bonchev–Trinajstić information content (AvgIpc) is 2.68. The van der Waals surface area contributed by atoms with Crippen LogP contribution in [0.3, 0.4) is 0 Å². The van der Waals surface area contributed by atoms with E-state index in [9.17, 15) is 9.59 Å². The molecule has 0 N–H and O–H groups in total. The van der Waals surface area contributed by atoms with E-state index in [0.29, 0.717) is 6.42 Å². The van der Waals surface area contributed by atoms with E-state index < -0.39 is 10.6 Å². The first-order valence-electron chi connectivity index (χ1n) is 10.6. The highest BCUT2D eigenvalue weighted by Gasteiger charge is 2.10.